The van der Waals surface area contributed by atoms with Crippen LogP contribution in [0.1, 0.15) is 5.56 Å². The number of pyridine rings is 1. The van der Waals surface area contributed by atoms with E-state index >= 15 is 0 Å². The molecule has 0 radical (unpaired) electrons. The molecular weight excluding hydrogens is 222 g/mol. The van der Waals surface area contributed by atoms with Crippen molar-refractivity contribution < 1.29 is 4.79 Å². The third-order valence-electron chi connectivity index (χ3n) is 2.50. The second-order valence-electron chi connectivity index (χ2n) is 3.67. The number of aromatic nitrogens is 1. The molecule has 5 heteroatoms. The molecule has 1 aromatic heterocycles. The van der Waals surface area contributed by atoms with E-state index in [4.69, 9.17) is 0 Å². The Morgan fingerprint density at radius 3 is 3.06 bits per heavy atom. The molecule has 1 amide bonds. The predicted octanol–water partition coefficient (Wildman–Crippen LogP) is 0.403. The minimum Gasteiger partial charge on any atom is -0.354 e. The molecule has 0 saturated carbocycles. The van der Waals surface area contributed by atoms with E-state index < -0.39 is 0 Å². The fourth-order valence-corrected chi connectivity index (χ4v) is 2.51. The average molecular weight is 237 g/mol. The molecule has 2 heterocycles. The summed E-state index contributed by atoms with van der Waals surface area (Å²) in [5, 5.41) is 6.08. The number of carbonyl (C=O) groups excluding carboxylic acids is 1. The van der Waals surface area contributed by atoms with E-state index in [1.54, 1.807) is 24.2 Å². The molecule has 16 heavy (non-hydrogen) atoms. The molecular formula is C11H15N3OS. The summed E-state index contributed by atoms with van der Waals surface area (Å²) in [6, 6.07) is 3.92. The predicted molar refractivity (Wildman–Crippen MR) is 65.2 cm³/mol. The molecule has 1 aliphatic heterocycles. The van der Waals surface area contributed by atoms with E-state index in [9.17, 15) is 4.79 Å². The molecule has 86 valence electrons. The highest BCUT2D eigenvalue weighted by molar-refractivity contribution is 7.99. The van der Waals surface area contributed by atoms with Gasteiger partial charge in [0, 0.05) is 30.6 Å². The standard InChI is InChI=1S/C11H15N3OS/c15-11(10-7-16-8-14-10)13-6-3-9-1-4-12-5-2-9/h1-2,4-5,10,14H,3,6-8H2,(H,13,15). The molecule has 1 fully saturated rings. The fraction of sp³-hybridized carbons (Fsp3) is 0.455. The molecule has 2 N–H and O–H groups in total. The normalized spacial score (nSPS) is 19.6. The molecule has 1 unspecified atom stereocenters. The van der Waals surface area contributed by atoms with E-state index in [-0.39, 0.29) is 11.9 Å². The molecule has 1 aliphatic rings. The number of nitrogens with zero attached hydrogens (tertiary/aromatic N) is 1. The Kier molecular flexibility index (Phi) is 4.18. The van der Waals surface area contributed by atoms with Crippen LogP contribution in [0.4, 0.5) is 0 Å². The summed E-state index contributed by atoms with van der Waals surface area (Å²) in [5.74, 6) is 1.86. The van der Waals surface area contributed by atoms with Crippen molar-refractivity contribution in [3.8, 4) is 0 Å². The fourth-order valence-electron chi connectivity index (χ4n) is 1.57. The summed E-state index contributed by atoms with van der Waals surface area (Å²) < 4.78 is 0. The Bertz CT molecular complexity index is 338. The van der Waals surface area contributed by atoms with Gasteiger partial charge >= 0.3 is 0 Å². The van der Waals surface area contributed by atoms with Gasteiger partial charge in [-0.1, -0.05) is 0 Å². The summed E-state index contributed by atoms with van der Waals surface area (Å²) in [4.78, 5) is 15.6. The van der Waals surface area contributed by atoms with Crippen LogP contribution in [0.5, 0.6) is 0 Å². The highest BCUT2D eigenvalue weighted by Crippen LogP contribution is 2.09. The first kappa shape index (κ1) is 11.4. The van der Waals surface area contributed by atoms with E-state index in [1.807, 2.05) is 12.1 Å². The van der Waals surface area contributed by atoms with Gasteiger partial charge in [0.1, 0.15) is 0 Å². The first-order chi connectivity index (χ1) is 7.86. The van der Waals surface area contributed by atoms with Gasteiger partial charge in [-0.2, -0.15) is 0 Å². The van der Waals surface area contributed by atoms with Crippen molar-refractivity contribution in [2.75, 3.05) is 18.2 Å². The number of carbonyl (C=O) groups is 1. The maximum absolute atomic E-state index is 11.6. The largest absolute Gasteiger partial charge is 0.354 e. The Balaban J connectivity index is 1.70. The van der Waals surface area contributed by atoms with Crippen molar-refractivity contribution in [3.05, 3.63) is 30.1 Å². The minimum atomic E-state index is -0.0116. The average Bonchev–Trinajstić information content (AvgIpc) is 2.84. The van der Waals surface area contributed by atoms with E-state index in [2.05, 4.69) is 15.6 Å². The van der Waals surface area contributed by atoms with Crippen LogP contribution in [0, 0.1) is 0 Å². The molecule has 4 nitrogen and oxygen atoms in total. The van der Waals surface area contributed by atoms with E-state index in [0.29, 0.717) is 6.54 Å². The molecule has 0 bridgehead atoms. The first-order valence-corrected chi connectivity index (χ1v) is 6.49. The summed E-state index contributed by atoms with van der Waals surface area (Å²) in [6.45, 7) is 0.686. The third kappa shape index (κ3) is 3.21. The summed E-state index contributed by atoms with van der Waals surface area (Å²) >= 11 is 1.76. The molecule has 0 aromatic carbocycles. The maximum Gasteiger partial charge on any atom is 0.238 e. The number of hydrogen-bond donors (Lipinski definition) is 2. The molecule has 2 rings (SSSR count). The lowest BCUT2D eigenvalue weighted by atomic mass is 10.2. The van der Waals surface area contributed by atoms with Crippen LogP contribution in [0.2, 0.25) is 0 Å². The minimum absolute atomic E-state index is 0.0116. The summed E-state index contributed by atoms with van der Waals surface area (Å²) in [7, 11) is 0. The number of rotatable bonds is 4. The van der Waals surface area contributed by atoms with E-state index in [0.717, 1.165) is 18.1 Å². The van der Waals surface area contributed by atoms with Crippen molar-refractivity contribution in [1.82, 2.24) is 15.6 Å². The zero-order valence-electron chi connectivity index (χ0n) is 8.98. The monoisotopic (exact) mass is 237 g/mol. The topological polar surface area (TPSA) is 54.0 Å². The van der Waals surface area contributed by atoms with Crippen LogP contribution in [0.3, 0.4) is 0 Å². The number of nitrogens with one attached hydrogen (secondary N) is 2. The molecule has 0 aliphatic carbocycles. The van der Waals surface area contributed by atoms with Gasteiger partial charge in [-0.05, 0) is 24.1 Å². The number of thioether (sulfide) groups is 1. The Morgan fingerprint density at radius 2 is 2.38 bits per heavy atom. The van der Waals surface area contributed by atoms with Gasteiger partial charge in [-0.3, -0.25) is 15.1 Å². The quantitative estimate of drug-likeness (QED) is 0.796. The van der Waals surface area contributed by atoms with E-state index in [1.165, 1.54) is 5.56 Å². The van der Waals surface area contributed by atoms with Gasteiger partial charge in [0.05, 0.1) is 6.04 Å². The lowest BCUT2D eigenvalue weighted by molar-refractivity contribution is -0.122. The first-order valence-electron chi connectivity index (χ1n) is 5.34. The van der Waals surface area contributed by atoms with Gasteiger partial charge in [0.25, 0.3) is 0 Å². The van der Waals surface area contributed by atoms with Crippen molar-refractivity contribution in [2.24, 2.45) is 0 Å². The Morgan fingerprint density at radius 1 is 1.56 bits per heavy atom. The van der Waals surface area contributed by atoms with Gasteiger partial charge in [0.2, 0.25) is 5.91 Å². The highest BCUT2D eigenvalue weighted by atomic mass is 32.2. The van der Waals surface area contributed by atoms with Crippen molar-refractivity contribution >= 4 is 17.7 Å². The van der Waals surface area contributed by atoms with Crippen LogP contribution in [0.25, 0.3) is 0 Å². The van der Waals surface area contributed by atoms with Crippen LogP contribution < -0.4 is 10.6 Å². The number of amides is 1. The van der Waals surface area contributed by atoms with Crippen molar-refractivity contribution in [2.45, 2.75) is 12.5 Å². The van der Waals surface area contributed by atoms with Crippen LogP contribution in [0.15, 0.2) is 24.5 Å². The van der Waals surface area contributed by atoms with Crippen LogP contribution in [-0.2, 0) is 11.2 Å². The van der Waals surface area contributed by atoms with Crippen LogP contribution >= 0.6 is 11.8 Å². The Labute approximate surface area is 99.2 Å². The van der Waals surface area contributed by atoms with Gasteiger partial charge in [-0.25, -0.2) is 0 Å². The summed E-state index contributed by atoms with van der Waals surface area (Å²) in [6.07, 6.45) is 4.40. The molecule has 1 aromatic rings. The molecule has 1 saturated heterocycles. The summed E-state index contributed by atoms with van der Waals surface area (Å²) in [5.41, 5.74) is 1.20. The third-order valence-corrected chi connectivity index (χ3v) is 3.43. The van der Waals surface area contributed by atoms with Gasteiger partial charge in [-0.15, -0.1) is 11.8 Å². The number of hydrogen-bond acceptors (Lipinski definition) is 4. The maximum atomic E-state index is 11.6. The van der Waals surface area contributed by atoms with Crippen LogP contribution in [-0.4, -0.2) is 35.1 Å². The van der Waals surface area contributed by atoms with Crippen molar-refractivity contribution in [3.63, 3.8) is 0 Å². The molecule has 0 spiro atoms. The second-order valence-corrected chi connectivity index (χ2v) is 4.70. The zero-order valence-corrected chi connectivity index (χ0v) is 9.80. The molecule has 1 atom stereocenters. The lowest BCUT2D eigenvalue weighted by Gasteiger charge is -2.10. The highest BCUT2D eigenvalue weighted by Gasteiger charge is 2.21. The Hall–Kier alpha value is -1.07. The smallest absolute Gasteiger partial charge is 0.238 e. The zero-order chi connectivity index (χ0) is 11.2. The SMILES string of the molecule is O=C(NCCc1ccncc1)C1CSCN1. The second kappa shape index (κ2) is 5.86. The lowest BCUT2D eigenvalue weighted by Crippen LogP contribution is -2.42. The van der Waals surface area contributed by atoms with Gasteiger partial charge in [0.15, 0.2) is 0 Å². The van der Waals surface area contributed by atoms with Crippen molar-refractivity contribution in [1.29, 1.82) is 0 Å². The van der Waals surface area contributed by atoms with Gasteiger partial charge < -0.3 is 5.32 Å².